The number of esters is 1. The first kappa shape index (κ1) is 20.8. The van der Waals surface area contributed by atoms with Crippen molar-refractivity contribution < 1.29 is 27.8 Å². The summed E-state index contributed by atoms with van der Waals surface area (Å²) in [5.41, 5.74) is 1.96. The number of carbonyl (C=O) groups excluding carboxylic acids is 2. The molecule has 0 saturated heterocycles. The third-order valence-corrected chi connectivity index (χ3v) is 4.89. The molecule has 0 fully saturated rings. The minimum Gasteiger partial charge on any atom is -0.451 e. The van der Waals surface area contributed by atoms with Gasteiger partial charge in [0, 0.05) is 11.4 Å². The van der Waals surface area contributed by atoms with Gasteiger partial charge >= 0.3 is 12.6 Å². The van der Waals surface area contributed by atoms with Crippen molar-refractivity contribution in [2.45, 2.75) is 33.3 Å². The molecule has 5 nitrogen and oxygen atoms in total. The summed E-state index contributed by atoms with van der Waals surface area (Å²) in [7, 11) is 0. The van der Waals surface area contributed by atoms with E-state index < -0.39 is 18.5 Å². The van der Waals surface area contributed by atoms with Crippen molar-refractivity contribution in [2.75, 3.05) is 13.2 Å². The molecule has 8 heteroatoms. The second kappa shape index (κ2) is 10.0. The van der Waals surface area contributed by atoms with Gasteiger partial charge in [-0.2, -0.15) is 8.78 Å². The third-order valence-electron chi connectivity index (χ3n) is 3.82. The minimum absolute atomic E-state index is 0.0831. The number of ether oxygens (including phenoxy) is 2. The third kappa shape index (κ3) is 6.63. The largest absolute Gasteiger partial charge is 0.451 e. The van der Waals surface area contributed by atoms with Gasteiger partial charge in [0.2, 0.25) is 0 Å². The monoisotopic (exact) mass is 397 g/mol. The number of amides is 1. The lowest BCUT2D eigenvalue weighted by molar-refractivity contribution is -0.124. The van der Waals surface area contributed by atoms with Crippen molar-refractivity contribution in [1.29, 1.82) is 0 Å². The number of thiophene rings is 1. The van der Waals surface area contributed by atoms with Gasteiger partial charge in [0.1, 0.15) is 10.6 Å². The maximum Gasteiger partial charge on any atom is 0.387 e. The van der Waals surface area contributed by atoms with Gasteiger partial charge in [-0.3, -0.25) is 4.79 Å². The predicted molar refractivity (Wildman–Crippen MR) is 98.5 cm³/mol. The number of hydrogen-bond donors (Lipinski definition) is 1. The number of halogens is 2. The van der Waals surface area contributed by atoms with E-state index in [1.807, 2.05) is 13.8 Å². The first-order valence-corrected chi connectivity index (χ1v) is 9.27. The molecule has 0 unspecified atom stereocenters. The molecule has 2 rings (SSSR count). The summed E-state index contributed by atoms with van der Waals surface area (Å²) >= 11 is 1.36. The number of nitrogens with one attached hydrogen (secondary N) is 1. The van der Waals surface area contributed by atoms with Crippen LogP contribution in [0.3, 0.4) is 0 Å². The molecular formula is C19H21F2NO4S. The molecular weight excluding hydrogens is 376 g/mol. The average Bonchev–Trinajstić information content (AvgIpc) is 3.01. The first-order valence-electron chi connectivity index (χ1n) is 8.46. The molecule has 2 aromatic rings. The summed E-state index contributed by atoms with van der Waals surface area (Å²) in [6.07, 6.45) is 1.35. The zero-order valence-electron chi connectivity index (χ0n) is 15.1. The van der Waals surface area contributed by atoms with Crippen LogP contribution < -0.4 is 10.1 Å². The number of carbonyl (C=O) groups is 2. The van der Waals surface area contributed by atoms with E-state index in [1.54, 1.807) is 18.2 Å². The summed E-state index contributed by atoms with van der Waals surface area (Å²) < 4.78 is 33.5. The van der Waals surface area contributed by atoms with Crippen LogP contribution in [0.15, 0.2) is 30.3 Å². The van der Waals surface area contributed by atoms with Crippen LogP contribution in [0.1, 0.15) is 32.6 Å². The Bertz CT molecular complexity index is 775. The molecule has 1 amide bonds. The maximum atomic E-state index is 12.1. The standard InChI is InChI=1S/C19H21F2NO4S/c1-3-14-10-16(27-12(14)2)18(24)25-11-17(23)22-9-8-13-4-6-15(7-5-13)26-19(20)21/h4-7,10,19H,3,8-9,11H2,1-2H3,(H,22,23). The van der Waals surface area contributed by atoms with Crippen LogP contribution in [0.25, 0.3) is 0 Å². The molecule has 1 heterocycles. The van der Waals surface area contributed by atoms with Crippen molar-refractivity contribution in [3.05, 3.63) is 51.2 Å². The van der Waals surface area contributed by atoms with Crippen LogP contribution in [-0.2, 0) is 22.4 Å². The molecule has 0 radical (unpaired) electrons. The van der Waals surface area contributed by atoms with E-state index in [0.717, 1.165) is 22.4 Å². The lowest BCUT2D eigenvalue weighted by Gasteiger charge is -2.07. The Labute approximate surface area is 160 Å². The van der Waals surface area contributed by atoms with E-state index in [4.69, 9.17) is 4.74 Å². The highest BCUT2D eigenvalue weighted by Gasteiger charge is 2.14. The lowest BCUT2D eigenvalue weighted by atomic mass is 10.1. The maximum absolute atomic E-state index is 12.1. The predicted octanol–water partition coefficient (Wildman–Crippen LogP) is 3.74. The summed E-state index contributed by atoms with van der Waals surface area (Å²) in [6, 6.07) is 7.97. The van der Waals surface area contributed by atoms with Crippen molar-refractivity contribution in [3.8, 4) is 5.75 Å². The fourth-order valence-electron chi connectivity index (χ4n) is 2.41. The van der Waals surface area contributed by atoms with Gasteiger partial charge in [-0.15, -0.1) is 11.3 Å². The normalized spacial score (nSPS) is 10.7. The fourth-order valence-corrected chi connectivity index (χ4v) is 3.42. The average molecular weight is 397 g/mol. The highest BCUT2D eigenvalue weighted by atomic mass is 32.1. The topological polar surface area (TPSA) is 64.6 Å². The number of hydrogen-bond acceptors (Lipinski definition) is 5. The van der Waals surface area contributed by atoms with Gasteiger partial charge in [0.25, 0.3) is 5.91 Å². The molecule has 1 N–H and O–H groups in total. The summed E-state index contributed by atoms with van der Waals surface area (Å²) in [6.45, 7) is 1.09. The van der Waals surface area contributed by atoms with Gasteiger partial charge in [-0.25, -0.2) is 4.79 Å². The summed E-state index contributed by atoms with van der Waals surface area (Å²) in [5.74, 6) is -0.822. The Hall–Kier alpha value is -2.48. The quantitative estimate of drug-likeness (QED) is 0.655. The lowest BCUT2D eigenvalue weighted by Crippen LogP contribution is -2.30. The zero-order valence-corrected chi connectivity index (χ0v) is 15.9. The number of aryl methyl sites for hydroxylation is 2. The molecule has 0 spiro atoms. The van der Waals surface area contributed by atoms with E-state index >= 15 is 0 Å². The number of benzene rings is 1. The van der Waals surface area contributed by atoms with Crippen LogP contribution in [0, 0.1) is 6.92 Å². The van der Waals surface area contributed by atoms with E-state index in [1.165, 1.54) is 23.5 Å². The minimum atomic E-state index is -2.86. The number of rotatable bonds is 9. The van der Waals surface area contributed by atoms with Gasteiger partial charge in [-0.05, 0) is 49.1 Å². The highest BCUT2D eigenvalue weighted by Crippen LogP contribution is 2.22. The molecule has 27 heavy (non-hydrogen) atoms. The van der Waals surface area contributed by atoms with E-state index in [-0.39, 0.29) is 12.4 Å². The SMILES string of the molecule is CCc1cc(C(=O)OCC(=O)NCCc2ccc(OC(F)F)cc2)sc1C. The Morgan fingerprint density at radius 1 is 1.22 bits per heavy atom. The molecule has 1 aromatic carbocycles. The van der Waals surface area contributed by atoms with Gasteiger partial charge in [-0.1, -0.05) is 19.1 Å². The summed E-state index contributed by atoms with van der Waals surface area (Å²) in [5, 5.41) is 2.65. The Balaban J connectivity index is 1.70. The fraction of sp³-hybridized carbons (Fsp3) is 0.368. The molecule has 0 aliphatic heterocycles. The smallest absolute Gasteiger partial charge is 0.387 e. The van der Waals surface area contributed by atoms with Crippen LogP contribution in [-0.4, -0.2) is 31.6 Å². The van der Waals surface area contributed by atoms with Crippen LogP contribution >= 0.6 is 11.3 Å². The van der Waals surface area contributed by atoms with Crippen LogP contribution in [0.4, 0.5) is 8.78 Å². The second-order valence-corrected chi connectivity index (χ2v) is 7.00. The van der Waals surface area contributed by atoms with Crippen LogP contribution in [0.2, 0.25) is 0 Å². The molecule has 0 atom stereocenters. The zero-order chi connectivity index (χ0) is 19.8. The van der Waals surface area contributed by atoms with Gasteiger partial charge < -0.3 is 14.8 Å². The van der Waals surface area contributed by atoms with E-state index in [0.29, 0.717) is 17.8 Å². The summed E-state index contributed by atoms with van der Waals surface area (Å²) in [4.78, 5) is 25.3. The highest BCUT2D eigenvalue weighted by molar-refractivity contribution is 7.14. The Kier molecular flexibility index (Phi) is 7.72. The molecule has 0 aliphatic rings. The van der Waals surface area contributed by atoms with Crippen molar-refractivity contribution >= 4 is 23.2 Å². The van der Waals surface area contributed by atoms with E-state index in [2.05, 4.69) is 10.1 Å². The van der Waals surface area contributed by atoms with Crippen LogP contribution in [0.5, 0.6) is 5.75 Å². The van der Waals surface area contributed by atoms with Crippen molar-refractivity contribution in [2.24, 2.45) is 0 Å². The second-order valence-electron chi connectivity index (χ2n) is 5.74. The molecule has 0 bridgehead atoms. The molecule has 146 valence electrons. The molecule has 0 aliphatic carbocycles. The molecule has 0 saturated carbocycles. The Morgan fingerprint density at radius 3 is 2.52 bits per heavy atom. The Morgan fingerprint density at radius 2 is 1.93 bits per heavy atom. The number of alkyl halides is 2. The van der Waals surface area contributed by atoms with Gasteiger partial charge in [0.15, 0.2) is 6.61 Å². The first-order chi connectivity index (χ1) is 12.9. The van der Waals surface area contributed by atoms with E-state index in [9.17, 15) is 18.4 Å². The van der Waals surface area contributed by atoms with Crippen molar-refractivity contribution in [3.63, 3.8) is 0 Å². The van der Waals surface area contributed by atoms with Crippen molar-refractivity contribution in [1.82, 2.24) is 5.32 Å². The van der Waals surface area contributed by atoms with Gasteiger partial charge in [0.05, 0.1) is 0 Å². The molecule has 1 aromatic heterocycles.